The number of benzene rings is 2. The molecule has 0 saturated carbocycles. The van der Waals surface area contributed by atoms with Gasteiger partial charge in [-0.3, -0.25) is 0 Å². The molecule has 0 saturated heterocycles. The van der Waals surface area contributed by atoms with Gasteiger partial charge in [-0.2, -0.15) is 0 Å². The van der Waals surface area contributed by atoms with Crippen LogP contribution >= 0.6 is 0 Å². The molecule has 0 N–H and O–H groups in total. The van der Waals surface area contributed by atoms with Crippen molar-refractivity contribution in [3.63, 3.8) is 0 Å². The average molecular weight is 351 g/mol. The van der Waals surface area contributed by atoms with E-state index in [2.05, 4.69) is 36.6 Å². The number of ether oxygens (including phenoxy) is 2. The molecule has 136 valence electrons. The smallest absolute Gasteiger partial charge is 0.340 e. The summed E-state index contributed by atoms with van der Waals surface area (Å²) in [6, 6.07) is 12.2. The molecule has 0 aliphatic heterocycles. The van der Waals surface area contributed by atoms with E-state index in [4.69, 9.17) is 9.47 Å². The van der Waals surface area contributed by atoms with Gasteiger partial charge in [-0.1, -0.05) is 17.7 Å². The van der Waals surface area contributed by atoms with Crippen LogP contribution in [0.15, 0.2) is 36.4 Å². The van der Waals surface area contributed by atoms with Gasteiger partial charge < -0.3 is 14.0 Å². The monoisotopic (exact) mass is 351 g/mol. The summed E-state index contributed by atoms with van der Waals surface area (Å²) in [4.78, 5) is 12.7. The van der Waals surface area contributed by atoms with Crippen LogP contribution in [0.4, 0.5) is 0 Å². The number of nitrogens with zero attached hydrogens (tertiary/aromatic N) is 1. The Kier molecular flexibility index (Phi) is 5.03. The summed E-state index contributed by atoms with van der Waals surface area (Å²) >= 11 is 0. The van der Waals surface area contributed by atoms with Gasteiger partial charge >= 0.3 is 5.97 Å². The molecule has 4 nitrogen and oxygen atoms in total. The summed E-state index contributed by atoms with van der Waals surface area (Å²) in [5.74, 6) is 0.454. The van der Waals surface area contributed by atoms with Crippen molar-refractivity contribution in [2.24, 2.45) is 0 Å². The number of fused-ring (bicyclic) bond motifs is 1. The van der Waals surface area contributed by atoms with Crippen LogP contribution in [0.1, 0.15) is 41.0 Å². The summed E-state index contributed by atoms with van der Waals surface area (Å²) in [5.41, 5.74) is 5.89. The summed E-state index contributed by atoms with van der Waals surface area (Å²) < 4.78 is 13.1. The quantitative estimate of drug-likeness (QED) is 0.598. The van der Waals surface area contributed by atoms with Crippen molar-refractivity contribution < 1.29 is 14.3 Å². The van der Waals surface area contributed by atoms with Crippen molar-refractivity contribution in [3.05, 3.63) is 58.8 Å². The Balaban J connectivity index is 2.32. The molecule has 1 heterocycles. The Morgan fingerprint density at radius 3 is 2.42 bits per heavy atom. The highest BCUT2D eigenvalue weighted by atomic mass is 16.5. The van der Waals surface area contributed by atoms with Crippen LogP contribution in [0.3, 0.4) is 0 Å². The first-order valence-corrected chi connectivity index (χ1v) is 9.00. The largest absolute Gasteiger partial charge is 0.494 e. The Morgan fingerprint density at radius 1 is 1.00 bits per heavy atom. The van der Waals surface area contributed by atoms with Crippen LogP contribution in [0.2, 0.25) is 0 Å². The van der Waals surface area contributed by atoms with E-state index in [0.29, 0.717) is 18.8 Å². The minimum Gasteiger partial charge on any atom is -0.494 e. The lowest BCUT2D eigenvalue weighted by atomic mass is 10.1. The van der Waals surface area contributed by atoms with Gasteiger partial charge in [0.15, 0.2) is 0 Å². The molecule has 0 bridgehead atoms. The molecular formula is C22H25NO3. The molecule has 0 fully saturated rings. The standard InChI is InChI=1S/C22H25NO3/c1-6-25-17-9-11-20-18(13-17)21(22(24)26-7-2)16(5)23(20)19-10-8-14(3)12-15(19)4/h8-13H,6-7H2,1-5H3. The maximum absolute atomic E-state index is 12.7. The van der Waals surface area contributed by atoms with Gasteiger partial charge in [0.2, 0.25) is 0 Å². The van der Waals surface area contributed by atoms with Crippen LogP contribution in [0.25, 0.3) is 16.6 Å². The van der Waals surface area contributed by atoms with E-state index in [1.54, 1.807) is 0 Å². The average Bonchev–Trinajstić information content (AvgIpc) is 2.87. The second-order valence-electron chi connectivity index (χ2n) is 6.42. The van der Waals surface area contributed by atoms with Crippen LogP contribution < -0.4 is 4.74 Å². The molecule has 0 atom stereocenters. The molecule has 0 unspecified atom stereocenters. The number of hydrogen-bond donors (Lipinski definition) is 0. The first-order valence-electron chi connectivity index (χ1n) is 9.00. The van der Waals surface area contributed by atoms with Crippen LogP contribution in [0.5, 0.6) is 5.75 Å². The van der Waals surface area contributed by atoms with Gasteiger partial charge in [0, 0.05) is 16.8 Å². The molecule has 0 amide bonds. The number of esters is 1. The van der Waals surface area contributed by atoms with Crippen LogP contribution in [-0.2, 0) is 4.74 Å². The lowest BCUT2D eigenvalue weighted by molar-refractivity contribution is 0.0527. The van der Waals surface area contributed by atoms with E-state index in [0.717, 1.165) is 33.6 Å². The Labute approximate surface area is 154 Å². The van der Waals surface area contributed by atoms with Gasteiger partial charge in [-0.25, -0.2) is 4.79 Å². The molecular weight excluding hydrogens is 326 g/mol. The molecule has 0 aliphatic rings. The fourth-order valence-corrected chi connectivity index (χ4v) is 3.48. The molecule has 0 radical (unpaired) electrons. The normalized spacial score (nSPS) is 11.0. The highest BCUT2D eigenvalue weighted by molar-refractivity contribution is 6.07. The molecule has 1 aromatic heterocycles. The number of rotatable bonds is 5. The molecule has 0 aliphatic carbocycles. The van der Waals surface area contributed by atoms with Gasteiger partial charge in [-0.15, -0.1) is 0 Å². The molecule has 3 aromatic rings. The Hall–Kier alpha value is -2.75. The summed E-state index contributed by atoms with van der Waals surface area (Å²) in [6.07, 6.45) is 0. The van der Waals surface area contributed by atoms with E-state index in [9.17, 15) is 4.79 Å². The maximum Gasteiger partial charge on any atom is 0.340 e. The third kappa shape index (κ3) is 3.07. The van der Waals surface area contributed by atoms with Gasteiger partial charge in [0.05, 0.1) is 24.3 Å². The van der Waals surface area contributed by atoms with E-state index >= 15 is 0 Å². The van der Waals surface area contributed by atoms with E-state index in [-0.39, 0.29) is 5.97 Å². The minimum atomic E-state index is -0.299. The highest BCUT2D eigenvalue weighted by Gasteiger charge is 2.23. The topological polar surface area (TPSA) is 40.5 Å². The molecule has 2 aromatic carbocycles. The van der Waals surface area contributed by atoms with Crippen molar-refractivity contribution in [3.8, 4) is 11.4 Å². The minimum absolute atomic E-state index is 0.299. The van der Waals surface area contributed by atoms with Crippen molar-refractivity contribution in [1.82, 2.24) is 4.57 Å². The number of hydrogen-bond acceptors (Lipinski definition) is 3. The highest BCUT2D eigenvalue weighted by Crippen LogP contribution is 2.33. The van der Waals surface area contributed by atoms with E-state index in [1.807, 2.05) is 39.0 Å². The van der Waals surface area contributed by atoms with Gasteiger partial charge in [0.25, 0.3) is 0 Å². The molecule has 26 heavy (non-hydrogen) atoms. The summed E-state index contributed by atoms with van der Waals surface area (Å²) in [5, 5.41) is 0.854. The van der Waals surface area contributed by atoms with Crippen molar-refractivity contribution >= 4 is 16.9 Å². The lowest BCUT2D eigenvalue weighted by Gasteiger charge is -2.13. The third-order valence-corrected chi connectivity index (χ3v) is 4.56. The zero-order valence-electron chi connectivity index (χ0n) is 16.1. The molecule has 4 heteroatoms. The van der Waals surface area contributed by atoms with Crippen LogP contribution in [0, 0.1) is 20.8 Å². The van der Waals surface area contributed by atoms with Gasteiger partial charge in [-0.05, 0) is 64.4 Å². The zero-order valence-corrected chi connectivity index (χ0v) is 16.1. The maximum atomic E-state index is 12.7. The first kappa shape index (κ1) is 18.1. The fraction of sp³-hybridized carbons (Fsp3) is 0.318. The number of carbonyl (C=O) groups excluding carboxylic acids is 1. The predicted octanol–water partition coefficient (Wildman–Crippen LogP) is 5.13. The first-order chi connectivity index (χ1) is 12.5. The van der Waals surface area contributed by atoms with Crippen LogP contribution in [-0.4, -0.2) is 23.8 Å². The Bertz CT molecular complexity index is 969. The number of aryl methyl sites for hydroxylation is 2. The van der Waals surface area contributed by atoms with Crippen molar-refractivity contribution in [2.45, 2.75) is 34.6 Å². The third-order valence-electron chi connectivity index (χ3n) is 4.56. The van der Waals surface area contributed by atoms with Crippen molar-refractivity contribution in [1.29, 1.82) is 0 Å². The van der Waals surface area contributed by atoms with E-state index < -0.39 is 0 Å². The fourth-order valence-electron chi connectivity index (χ4n) is 3.48. The Morgan fingerprint density at radius 2 is 1.77 bits per heavy atom. The summed E-state index contributed by atoms with van der Waals surface area (Å²) in [7, 11) is 0. The zero-order chi connectivity index (χ0) is 18.8. The predicted molar refractivity (Wildman–Crippen MR) is 105 cm³/mol. The van der Waals surface area contributed by atoms with Gasteiger partial charge in [0.1, 0.15) is 5.75 Å². The van der Waals surface area contributed by atoms with E-state index in [1.165, 1.54) is 5.56 Å². The second-order valence-corrected chi connectivity index (χ2v) is 6.42. The summed E-state index contributed by atoms with van der Waals surface area (Å²) in [6.45, 7) is 10.8. The number of carbonyl (C=O) groups is 1. The van der Waals surface area contributed by atoms with Crippen molar-refractivity contribution in [2.75, 3.05) is 13.2 Å². The molecule has 3 rings (SSSR count). The molecule has 0 spiro atoms. The lowest BCUT2D eigenvalue weighted by Crippen LogP contribution is -2.07. The SMILES string of the molecule is CCOC(=O)c1c(C)n(-c2ccc(C)cc2C)c2ccc(OCC)cc12. The number of aromatic nitrogens is 1. The second kappa shape index (κ2) is 7.24.